The summed E-state index contributed by atoms with van der Waals surface area (Å²) in [5, 5.41) is 8.35. The Morgan fingerprint density at radius 1 is 1.48 bits per heavy atom. The lowest BCUT2D eigenvalue weighted by atomic mass is 10.3. The topological polar surface area (TPSA) is 68.3 Å². The lowest BCUT2D eigenvalue weighted by Crippen LogP contribution is -2.27. The third-order valence-corrected chi connectivity index (χ3v) is 3.58. The lowest BCUT2D eigenvalue weighted by molar-refractivity contribution is 0.0776. The zero-order valence-corrected chi connectivity index (χ0v) is 13.1. The Kier molecular flexibility index (Phi) is 3.46. The summed E-state index contributed by atoms with van der Waals surface area (Å²) in [6.07, 6.45) is 5.14. The molecule has 0 fully saturated rings. The summed E-state index contributed by atoms with van der Waals surface area (Å²) in [4.78, 5) is 18.2. The molecule has 0 aliphatic carbocycles. The van der Waals surface area contributed by atoms with Gasteiger partial charge >= 0.3 is 0 Å². The average molecular weight is 349 g/mol. The molecule has 0 aliphatic rings. The molecule has 0 radical (unpaired) electrons. The van der Waals surface area contributed by atoms with Crippen molar-refractivity contribution < 1.29 is 4.79 Å². The number of hydrogen-bond acceptors (Lipinski definition) is 4. The van der Waals surface area contributed by atoms with Gasteiger partial charge in [-0.1, -0.05) is 0 Å². The van der Waals surface area contributed by atoms with Crippen LogP contribution in [0.3, 0.4) is 0 Å². The Hall–Kier alpha value is -2.22. The molecule has 3 aromatic rings. The molecule has 0 bridgehead atoms. The predicted molar refractivity (Wildman–Crippen MR) is 79.7 cm³/mol. The van der Waals surface area contributed by atoms with Gasteiger partial charge in [0.1, 0.15) is 0 Å². The molecule has 0 atom stereocenters. The van der Waals surface area contributed by atoms with E-state index in [9.17, 15) is 4.79 Å². The third kappa shape index (κ3) is 2.66. The molecule has 3 rings (SSSR count). The maximum atomic E-state index is 12.4. The zero-order chi connectivity index (χ0) is 15.0. The van der Waals surface area contributed by atoms with Crippen LogP contribution in [0, 0.1) is 0 Å². The lowest BCUT2D eigenvalue weighted by Gasteiger charge is -2.15. The van der Waals surface area contributed by atoms with Gasteiger partial charge in [-0.3, -0.25) is 9.48 Å². The van der Waals surface area contributed by atoms with E-state index >= 15 is 0 Å². The van der Waals surface area contributed by atoms with E-state index in [1.165, 1.54) is 0 Å². The van der Waals surface area contributed by atoms with Crippen LogP contribution in [0.2, 0.25) is 0 Å². The summed E-state index contributed by atoms with van der Waals surface area (Å²) in [6, 6.07) is 3.56. The van der Waals surface area contributed by atoms with Gasteiger partial charge in [0.25, 0.3) is 5.91 Å². The zero-order valence-electron chi connectivity index (χ0n) is 11.6. The molecule has 1 amide bonds. The van der Waals surface area contributed by atoms with Gasteiger partial charge in [0.05, 0.1) is 16.7 Å². The van der Waals surface area contributed by atoms with Crippen LogP contribution >= 0.6 is 15.9 Å². The SMILES string of the molecule is CN(Cc1ccnn1C)C(=O)c1cc2ncc(Br)cn2n1. The third-order valence-electron chi connectivity index (χ3n) is 3.17. The van der Waals surface area contributed by atoms with E-state index in [2.05, 4.69) is 31.1 Å². The first kappa shape index (κ1) is 13.7. The highest BCUT2D eigenvalue weighted by molar-refractivity contribution is 9.10. The molecule has 108 valence electrons. The van der Waals surface area contributed by atoms with E-state index in [4.69, 9.17) is 0 Å². The first-order valence-corrected chi connectivity index (χ1v) is 7.07. The van der Waals surface area contributed by atoms with Gasteiger partial charge in [0.15, 0.2) is 11.3 Å². The Morgan fingerprint density at radius 2 is 2.29 bits per heavy atom. The van der Waals surface area contributed by atoms with Crippen molar-refractivity contribution in [3.63, 3.8) is 0 Å². The molecule has 3 aromatic heterocycles. The fourth-order valence-electron chi connectivity index (χ4n) is 2.03. The Bertz CT molecular complexity index is 808. The maximum Gasteiger partial charge on any atom is 0.274 e. The van der Waals surface area contributed by atoms with Gasteiger partial charge < -0.3 is 4.90 Å². The van der Waals surface area contributed by atoms with Crippen LogP contribution in [0.15, 0.2) is 35.2 Å². The van der Waals surface area contributed by atoms with Gasteiger partial charge in [-0.2, -0.15) is 10.2 Å². The van der Waals surface area contributed by atoms with Crippen molar-refractivity contribution >= 4 is 27.5 Å². The molecule has 0 N–H and O–H groups in total. The van der Waals surface area contributed by atoms with Gasteiger partial charge in [-0.05, 0) is 22.0 Å². The number of carbonyl (C=O) groups excluding carboxylic acids is 1. The second kappa shape index (κ2) is 5.28. The molecule has 7 nitrogen and oxygen atoms in total. The van der Waals surface area contributed by atoms with E-state index in [1.54, 1.807) is 45.8 Å². The van der Waals surface area contributed by atoms with Gasteiger partial charge in [-0.15, -0.1) is 0 Å². The molecule has 0 saturated heterocycles. The number of nitrogens with zero attached hydrogens (tertiary/aromatic N) is 6. The smallest absolute Gasteiger partial charge is 0.274 e. The number of hydrogen-bond donors (Lipinski definition) is 0. The van der Waals surface area contributed by atoms with Crippen LogP contribution < -0.4 is 0 Å². The molecule has 0 unspecified atom stereocenters. The Labute approximate surface area is 129 Å². The quantitative estimate of drug-likeness (QED) is 0.719. The molecule has 8 heteroatoms. The normalized spacial score (nSPS) is 11.0. The summed E-state index contributed by atoms with van der Waals surface area (Å²) in [7, 11) is 3.59. The van der Waals surface area contributed by atoms with Crippen molar-refractivity contribution in [1.82, 2.24) is 29.3 Å². The van der Waals surface area contributed by atoms with Crippen molar-refractivity contribution in [3.8, 4) is 0 Å². The van der Waals surface area contributed by atoms with Crippen LogP contribution in [0.5, 0.6) is 0 Å². The fraction of sp³-hybridized carbons (Fsp3) is 0.231. The van der Waals surface area contributed by atoms with Crippen LogP contribution in [0.1, 0.15) is 16.2 Å². The molecular weight excluding hydrogens is 336 g/mol. The molecule has 21 heavy (non-hydrogen) atoms. The number of fused-ring (bicyclic) bond motifs is 1. The van der Waals surface area contributed by atoms with Crippen molar-refractivity contribution in [2.24, 2.45) is 7.05 Å². The number of aromatic nitrogens is 5. The summed E-state index contributed by atoms with van der Waals surface area (Å²) in [5.41, 5.74) is 1.95. The minimum absolute atomic E-state index is 0.155. The fourth-order valence-corrected chi connectivity index (χ4v) is 2.32. The number of aryl methyl sites for hydroxylation is 1. The van der Waals surface area contributed by atoms with E-state index in [-0.39, 0.29) is 5.91 Å². The van der Waals surface area contributed by atoms with Crippen molar-refractivity contribution in [2.75, 3.05) is 7.05 Å². The summed E-state index contributed by atoms with van der Waals surface area (Å²) >= 11 is 3.33. The van der Waals surface area contributed by atoms with Crippen molar-refractivity contribution in [1.29, 1.82) is 0 Å². The minimum atomic E-state index is -0.155. The standard InChI is InChI=1S/C13H13BrN6O/c1-18(8-10-3-4-16-19(10)2)13(21)11-5-12-15-6-9(14)7-20(12)17-11/h3-7H,8H2,1-2H3. The number of carbonyl (C=O) groups is 1. The molecule has 0 aliphatic heterocycles. The van der Waals surface area contributed by atoms with Gasteiger partial charge in [-0.25, -0.2) is 9.50 Å². The van der Waals surface area contributed by atoms with Gasteiger partial charge in [0, 0.05) is 38.8 Å². The highest BCUT2D eigenvalue weighted by Crippen LogP contribution is 2.12. The second-order valence-electron chi connectivity index (χ2n) is 4.71. The van der Waals surface area contributed by atoms with E-state index in [1.807, 2.05) is 13.1 Å². The molecular formula is C13H13BrN6O. The molecule has 0 saturated carbocycles. The van der Waals surface area contributed by atoms with Crippen LogP contribution in [0.4, 0.5) is 0 Å². The van der Waals surface area contributed by atoms with Crippen LogP contribution in [0.25, 0.3) is 5.65 Å². The van der Waals surface area contributed by atoms with E-state index in [0.717, 1.165) is 10.2 Å². The Balaban J connectivity index is 1.84. The number of rotatable bonds is 3. The van der Waals surface area contributed by atoms with Crippen LogP contribution in [-0.4, -0.2) is 42.2 Å². The first-order chi connectivity index (χ1) is 10.0. The maximum absolute atomic E-state index is 12.4. The second-order valence-corrected chi connectivity index (χ2v) is 5.63. The molecule has 0 spiro atoms. The first-order valence-electron chi connectivity index (χ1n) is 6.28. The van der Waals surface area contributed by atoms with Crippen molar-refractivity contribution in [2.45, 2.75) is 6.54 Å². The Morgan fingerprint density at radius 3 is 3.00 bits per heavy atom. The number of halogens is 1. The van der Waals surface area contributed by atoms with E-state index < -0.39 is 0 Å². The largest absolute Gasteiger partial charge is 0.334 e. The summed E-state index contributed by atoms with van der Waals surface area (Å²) in [5.74, 6) is -0.155. The highest BCUT2D eigenvalue weighted by Gasteiger charge is 2.17. The predicted octanol–water partition coefficient (Wildman–Crippen LogP) is 1.50. The average Bonchev–Trinajstić information content (AvgIpc) is 3.04. The van der Waals surface area contributed by atoms with Crippen LogP contribution in [-0.2, 0) is 13.6 Å². The van der Waals surface area contributed by atoms with E-state index in [0.29, 0.717) is 17.9 Å². The molecule has 0 aromatic carbocycles. The number of amides is 1. The summed E-state index contributed by atoms with van der Waals surface area (Å²) in [6.45, 7) is 0.473. The minimum Gasteiger partial charge on any atom is -0.334 e. The molecule has 3 heterocycles. The highest BCUT2D eigenvalue weighted by atomic mass is 79.9. The van der Waals surface area contributed by atoms with Crippen molar-refractivity contribution in [3.05, 3.63) is 46.6 Å². The monoisotopic (exact) mass is 348 g/mol. The summed E-state index contributed by atoms with van der Waals surface area (Å²) < 4.78 is 4.13. The van der Waals surface area contributed by atoms with Gasteiger partial charge in [0.2, 0.25) is 0 Å².